The zero-order valence-electron chi connectivity index (χ0n) is 12.0. The maximum Gasteiger partial charge on any atom is 0.0534 e. The van der Waals surface area contributed by atoms with Crippen LogP contribution in [0.25, 0.3) is 10.9 Å². The van der Waals surface area contributed by atoms with E-state index in [0.29, 0.717) is 0 Å². The third-order valence-electron chi connectivity index (χ3n) is 3.64. The van der Waals surface area contributed by atoms with Gasteiger partial charge in [-0.25, -0.2) is 0 Å². The molecule has 104 valence electrons. The number of H-pyrrole nitrogens is 1. The second-order valence-electron chi connectivity index (χ2n) is 5.22. The Kier molecular flexibility index (Phi) is 3.56. The van der Waals surface area contributed by atoms with Crippen LogP contribution in [0.5, 0.6) is 0 Å². The molecule has 4 nitrogen and oxygen atoms in total. The van der Waals surface area contributed by atoms with E-state index in [4.69, 9.17) is 0 Å². The molecule has 0 bridgehead atoms. The molecule has 3 aromatic rings. The van der Waals surface area contributed by atoms with E-state index in [1.54, 1.807) is 0 Å². The van der Waals surface area contributed by atoms with Gasteiger partial charge in [-0.05, 0) is 35.7 Å². The van der Waals surface area contributed by atoms with Gasteiger partial charge in [-0.3, -0.25) is 9.58 Å². The molecule has 0 aliphatic rings. The Morgan fingerprint density at radius 1 is 1.20 bits per heavy atom. The number of rotatable bonds is 5. The Hall–Kier alpha value is -2.07. The van der Waals surface area contributed by atoms with Crippen LogP contribution in [-0.4, -0.2) is 26.2 Å². The summed E-state index contributed by atoms with van der Waals surface area (Å²) in [4.78, 5) is 5.65. The number of aryl methyl sites for hydroxylation is 1. The molecule has 0 unspecified atom stereocenters. The fourth-order valence-electron chi connectivity index (χ4n) is 2.55. The summed E-state index contributed by atoms with van der Waals surface area (Å²) in [5, 5.41) is 5.51. The summed E-state index contributed by atoms with van der Waals surface area (Å²) in [5.74, 6) is 0. The predicted molar refractivity (Wildman–Crippen MR) is 81.3 cm³/mol. The van der Waals surface area contributed by atoms with Crippen LogP contribution in [-0.2, 0) is 20.1 Å². The van der Waals surface area contributed by atoms with Crippen molar-refractivity contribution in [3.8, 4) is 0 Å². The first-order valence-corrected chi connectivity index (χ1v) is 7.00. The largest absolute Gasteiger partial charge is 0.361 e. The second kappa shape index (κ2) is 5.51. The van der Waals surface area contributed by atoms with Crippen molar-refractivity contribution < 1.29 is 0 Å². The molecule has 0 saturated carbocycles. The summed E-state index contributed by atoms with van der Waals surface area (Å²) in [5.41, 5.74) is 3.81. The predicted octanol–water partition coefficient (Wildman–Crippen LogP) is 2.92. The molecule has 0 spiro atoms. The average molecular weight is 268 g/mol. The van der Waals surface area contributed by atoms with Crippen LogP contribution in [0.15, 0.2) is 42.9 Å². The molecule has 1 aromatic carbocycles. The van der Waals surface area contributed by atoms with Crippen LogP contribution in [0, 0.1) is 0 Å². The Morgan fingerprint density at radius 3 is 2.80 bits per heavy atom. The van der Waals surface area contributed by atoms with E-state index in [1.165, 1.54) is 22.0 Å². The van der Waals surface area contributed by atoms with Crippen molar-refractivity contribution in [2.45, 2.75) is 20.0 Å². The van der Waals surface area contributed by atoms with Gasteiger partial charge >= 0.3 is 0 Å². The van der Waals surface area contributed by atoms with Crippen molar-refractivity contribution in [1.29, 1.82) is 0 Å². The molecule has 0 saturated heterocycles. The molecule has 0 aliphatic heterocycles. The zero-order chi connectivity index (χ0) is 13.9. The van der Waals surface area contributed by atoms with Gasteiger partial charge in [0.1, 0.15) is 0 Å². The summed E-state index contributed by atoms with van der Waals surface area (Å²) in [6.07, 6.45) is 6.01. The molecule has 2 heterocycles. The first-order valence-electron chi connectivity index (χ1n) is 7.00. The maximum atomic E-state index is 4.23. The van der Waals surface area contributed by atoms with Gasteiger partial charge in [0.25, 0.3) is 0 Å². The smallest absolute Gasteiger partial charge is 0.0534 e. The molecule has 1 N–H and O–H groups in total. The first kappa shape index (κ1) is 12.9. The van der Waals surface area contributed by atoms with Gasteiger partial charge in [-0.2, -0.15) is 5.10 Å². The van der Waals surface area contributed by atoms with Crippen molar-refractivity contribution in [3.05, 3.63) is 54.0 Å². The van der Waals surface area contributed by atoms with Crippen LogP contribution in [0.2, 0.25) is 0 Å². The van der Waals surface area contributed by atoms with Gasteiger partial charge in [0.05, 0.1) is 6.20 Å². The molecule has 0 aliphatic carbocycles. The molecule has 2 aromatic heterocycles. The number of benzene rings is 1. The highest BCUT2D eigenvalue weighted by Crippen LogP contribution is 2.16. The number of aromatic nitrogens is 3. The van der Waals surface area contributed by atoms with E-state index < -0.39 is 0 Å². The Labute approximate surface area is 119 Å². The summed E-state index contributed by atoms with van der Waals surface area (Å²) < 4.78 is 1.86. The zero-order valence-corrected chi connectivity index (χ0v) is 12.0. The van der Waals surface area contributed by atoms with Crippen molar-refractivity contribution in [2.75, 3.05) is 6.54 Å². The van der Waals surface area contributed by atoms with E-state index in [9.17, 15) is 0 Å². The van der Waals surface area contributed by atoms with Gasteiger partial charge < -0.3 is 4.98 Å². The lowest BCUT2D eigenvalue weighted by Crippen LogP contribution is -2.22. The summed E-state index contributed by atoms with van der Waals surface area (Å²) in [6.45, 7) is 5.13. The first-order chi connectivity index (χ1) is 9.74. The Morgan fingerprint density at radius 2 is 2.05 bits per heavy atom. The van der Waals surface area contributed by atoms with Gasteiger partial charge in [-0.15, -0.1) is 0 Å². The third-order valence-corrected chi connectivity index (χ3v) is 3.64. The van der Waals surface area contributed by atoms with Gasteiger partial charge in [0.15, 0.2) is 0 Å². The van der Waals surface area contributed by atoms with Crippen molar-refractivity contribution in [1.82, 2.24) is 19.7 Å². The normalized spacial score (nSPS) is 11.6. The van der Waals surface area contributed by atoms with Crippen LogP contribution >= 0.6 is 0 Å². The number of fused-ring (bicyclic) bond motifs is 1. The SMILES string of the molecule is CCN(Cc1ccc2[nH]ccc2c1)Cc1cnn(C)c1. The Bertz CT molecular complexity index is 695. The van der Waals surface area contributed by atoms with Crippen molar-refractivity contribution in [2.24, 2.45) is 7.05 Å². The summed E-state index contributed by atoms with van der Waals surface area (Å²) in [6, 6.07) is 8.74. The lowest BCUT2D eigenvalue weighted by atomic mass is 10.1. The standard InChI is InChI=1S/C16H20N4/c1-3-20(12-14-9-18-19(2)10-14)11-13-4-5-16-15(8-13)6-7-17-16/h4-10,17H,3,11-12H2,1-2H3. The van der Waals surface area contributed by atoms with E-state index in [1.807, 2.05) is 24.1 Å². The van der Waals surface area contributed by atoms with E-state index in [0.717, 1.165) is 19.6 Å². The molecule has 0 amide bonds. The average Bonchev–Trinajstić information content (AvgIpc) is 3.06. The highest BCUT2D eigenvalue weighted by atomic mass is 15.2. The second-order valence-corrected chi connectivity index (χ2v) is 5.22. The highest BCUT2D eigenvalue weighted by Gasteiger charge is 2.07. The number of hydrogen-bond donors (Lipinski definition) is 1. The number of aromatic amines is 1. The maximum absolute atomic E-state index is 4.23. The van der Waals surface area contributed by atoms with Gasteiger partial charge in [0.2, 0.25) is 0 Å². The van der Waals surface area contributed by atoms with Crippen molar-refractivity contribution >= 4 is 10.9 Å². The minimum atomic E-state index is 0.940. The van der Waals surface area contributed by atoms with Crippen LogP contribution < -0.4 is 0 Å². The minimum Gasteiger partial charge on any atom is -0.361 e. The number of hydrogen-bond acceptors (Lipinski definition) is 2. The monoisotopic (exact) mass is 268 g/mol. The van der Waals surface area contributed by atoms with Gasteiger partial charge in [-0.1, -0.05) is 13.0 Å². The fourth-order valence-corrected chi connectivity index (χ4v) is 2.55. The van der Waals surface area contributed by atoms with E-state index in [-0.39, 0.29) is 0 Å². The lowest BCUT2D eigenvalue weighted by Gasteiger charge is -2.19. The molecule has 20 heavy (non-hydrogen) atoms. The highest BCUT2D eigenvalue weighted by molar-refractivity contribution is 5.79. The molecular formula is C16H20N4. The van der Waals surface area contributed by atoms with Crippen molar-refractivity contribution in [3.63, 3.8) is 0 Å². The fraction of sp³-hybridized carbons (Fsp3) is 0.312. The topological polar surface area (TPSA) is 36.9 Å². The Balaban J connectivity index is 1.73. The van der Waals surface area contributed by atoms with Crippen LogP contribution in [0.4, 0.5) is 0 Å². The number of nitrogens with zero attached hydrogens (tertiary/aromatic N) is 3. The summed E-state index contributed by atoms with van der Waals surface area (Å²) in [7, 11) is 1.96. The summed E-state index contributed by atoms with van der Waals surface area (Å²) >= 11 is 0. The molecule has 4 heteroatoms. The minimum absolute atomic E-state index is 0.940. The third kappa shape index (κ3) is 2.75. The van der Waals surface area contributed by atoms with Crippen LogP contribution in [0.1, 0.15) is 18.1 Å². The molecule has 0 radical (unpaired) electrons. The molecule has 3 rings (SSSR count). The molecule has 0 fully saturated rings. The molecule has 0 atom stereocenters. The quantitative estimate of drug-likeness (QED) is 0.772. The van der Waals surface area contributed by atoms with E-state index >= 15 is 0 Å². The lowest BCUT2D eigenvalue weighted by molar-refractivity contribution is 0.271. The van der Waals surface area contributed by atoms with E-state index in [2.05, 4.69) is 52.4 Å². The molecular weight excluding hydrogens is 248 g/mol. The van der Waals surface area contributed by atoms with Crippen LogP contribution in [0.3, 0.4) is 0 Å². The van der Waals surface area contributed by atoms with Gasteiger partial charge in [0, 0.05) is 43.6 Å². The number of nitrogens with one attached hydrogen (secondary N) is 1.